The average molecular weight is 404 g/mol. The first-order valence-electron chi connectivity index (χ1n) is 9.63. The number of nitrogens with zero attached hydrogens (tertiary/aromatic N) is 1. The van der Waals surface area contributed by atoms with Gasteiger partial charge in [0, 0.05) is 29.1 Å². The number of thiophene rings is 1. The zero-order valence-corrected chi connectivity index (χ0v) is 17.2. The lowest BCUT2D eigenvalue weighted by molar-refractivity contribution is 0.0391. The maximum Gasteiger partial charge on any atom is 0.254 e. The molecule has 0 spiro atoms. The second kappa shape index (κ2) is 7.40. The number of hydrogen-bond donors (Lipinski definition) is 0. The van der Waals surface area contributed by atoms with Crippen LogP contribution in [0.1, 0.15) is 48.9 Å². The van der Waals surface area contributed by atoms with Crippen molar-refractivity contribution in [3.63, 3.8) is 0 Å². The molecule has 4 rings (SSSR count). The van der Waals surface area contributed by atoms with Gasteiger partial charge in [-0.05, 0) is 55.4 Å². The molecule has 1 aromatic heterocycles. The van der Waals surface area contributed by atoms with Gasteiger partial charge in [-0.1, -0.05) is 25.0 Å². The average Bonchev–Trinajstić information content (AvgIpc) is 3.16. The number of amides is 1. The first-order valence-corrected chi connectivity index (χ1v) is 12.4. The molecule has 2 heterocycles. The zero-order chi connectivity index (χ0) is 19.0. The highest BCUT2D eigenvalue weighted by Gasteiger charge is 2.36. The van der Waals surface area contributed by atoms with E-state index in [4.69, 9.17) is 0 Å². The molecule has 1 saturated carbocycles. The van der Waals surface area contributed by atoms with E-state index in [1.54, 1.807) is 23.5 Å². The summed E-state index contributed by atoms with van der Waals surface area (Å²) in [5, 5.41) is 1.94. The van der Waals surface area contributed by atoms with Gasteiger partial charge in [0.15, 0.2) is 9.84 Å². The van der Waals surface area contributed by atoms with E-state index in [-0.39, 0.29) is 5.91 Å². The first-order chi connectivity index (χ1) is 12.9. The van der Waals surface area contributed by atoms with E-state index in [9.17, 15) is 13.2 Å². The van der Waals surface area contributed by atoms with Crippen molar-refractivity contribution in [3.05, 3.63) is 41.3 Å². The van der Waals surface area contributed by atoms with Gasteiger partial charge in [-0.15, -0.1) is 11.3 Å². The van der Waals surface area contributed by atoms with Crippen LogP contribution < -0.4 is 0 Å². The lowest BCUT2D eigenvalue weighted by Gasteiger charge is -2.44. The molecule has 1 saturated heterocycles. The van der Waals surface area contributed by atoms with Crippen LogP contribution in [0.4, 0.5) is 0 Å². The molecule has 27 heavy (non-hydrogen) atoms. The third kappa shape index (κ3) is 3.83. The van der Waals surface area contributed by atoms with Crippen LogP contribution in [0, 0.1) is 5.92 Å². The molecular formula is C21H25NO3S2. The summed E-state index contributed by atoms with van der Waals surface area (Å²) in [4.78, 5) is 16.6. The molecule has 1 amide bonds. The summed E-state index contributed by atoms with van der Waals surface area (Å²) in [6.07, 6.45) is 8.51. The predicted molar refractivity (Wildman–Crippen MR) is 109 cm³/mol. The van der Waals surface area contributed by atoms with Crippen LogP contribution >= 0.6 is 11.3 Å². The highest BCUT2D eigenvalue weighted by Crippen LogP contribution is 2.37. The van der Waals surface area contributed by atoms with Crippen molar-refractivity contribution in [2.45, 2.75) is 49.5 Å². The van der Waals surface area contributed by atoms with Crippen LogP contribution in [0.15, 0.2) is 40.6 Å². The van der Waals surface area contributed by atoms with Crippen LogP contribution in [0.5, 0.6) is 0 Å². The van der Waals surface area contributed by atoms with Gasteiger partial charge < -0.3 is 4.90 Å². The molecule has 1 aromatic carbocycles. The monoisotopic (exact) mass is 403 g/mol. The number of rotatable bonds is 3. The van der Waals surface area contributed by atoms with Gasteiger partial charge in [0.2, 0.25) is 0 Å². The van der Waals surface area contributed by atoms with E-state index in [0.29, 0.717) is 16.9 Å². The van der Waals surface area contributed by atoms with Crippen molar-refractivity contribution in [2.75, 3.05) is 12.8 Å². The third-order valence-corrected chi connectivity index (χ3v) is 8.03. The Morgan fingerprint density at radius 2 is 1.78 bits per heavy atom. The Morgan fingerprint density at radius 3 is 2.52 bits per heavy atom. The number of fused-ring (bicyclic) bond motifs is 1. The third-order valence-electron chi connectivity index (χ3n) is 5.92. The molecule has 6 heteroatoms. The molecule has 1 aliphatic heterocycles. The van der Waals surface area contributed by atoms with E-state index in [2.05, 4.69) is 4.90 Å². The number of carbonyl (C=O) groups excluding carboxylic acids is 1. The van der Waals surface area contributed by atoms with Crippen molar-refractivity contribution in [1.82, 2.24) is 4.90 Å². The lowest BCUT2D eigenvalue weighted by atomic mass is 9.78. The fourth-order valence-corrected chi connectivity index (χ4v) is 6.03. The summed E-state index contributed by atoms with van der Waals surface area (Å²) < 4.78 is 23.2. The van der Waals surface area contributed by atoms with Crippen LogP contribution in [-0.4, -0.2) is 38.1 Å². The molecule has 2 aliphatic rings. The summed E-state index contributed by atoms with van der Waals surface area (Å²) in [5.74, 6) is 0.833. The van der Waals surface area contributed by atoms with E-state index in [1.807, 2.05) is 23.6 Å². The Labute approximate surface area is 165 Å². The predicted octanol–water partition coefficient (Wildman–Crippen LogP) is 4.61. The molecule has 0 N–H and O–H groups in total. The summed E-state index contributed by atoms with van der Waals surface area (Å²) in [7, 11) is -3.19. The molecule has 2 atom stereocenters. The number of piperidine rings is 1. The number of hydrogen-bond acceptors (Lipinski definition) is 4. The van der Waals surface area contributed by atoms with Crippen molar-refractivity contribution >= 4 is 27.1 Å². The first kappa shape index (κ1) is 18.7. The Hall–Kier alpha value is -1.66. The van der Waals surface area contributed by atoms with Crippen LogP contribution in [0.2, 0.25) is 0 Å². The Kier molecular flexibility index (Phi) is 5.12. The maximum absolute atomic E-state index is 13.1. The van der Waals surface area contributed by atoms with Gasteiger partial charge in [0.25, 0.3) is 5.91 Å². The molecule has 4 nitrogen and oxygen atoms in total. The molecule has 2 aromatic rings. The van der Waals surface area contributed by atoms with E-state index in [1.165, 1.54) is 31.9 Å². The molecule has 1 aliphatic carbocycles. The van der Waals surface area contributed by atoms with Crippen molar-refractivity contribution in [1.29, 1.82) is 0 Å². The smallest absolute Gasteiger partial charge is 0.254 e. The summed E-state index contributed by atoms with van der Waals surface area (Å²) in [6.45, 7) is 0.869. The molecule has 0 bridgehead atoms. The molecule has 2 fully saturated rings. The lowest BCUT2D eigenvalue weighted by Crippen LogP contribution is -2.49. The SMILES string of the molecule is CS(=O)(=O)c1ccc(-c2cc(C(=O)N3CCCC4CCCCC43)cs2)cc1. The summed E-state index contributed by atoms with van der Waals surface area (Å²) in [5.41, 5.74) is 1.70. The highest BCUT2D eigenvalue weighted by atomic mass is 32.2. The standard InChI is InChI=1S/C21H25NO3S2/c1-27(24,25)18-10-8-16(9-11-18)20-13-17(14-26-20)21(23)22-12-4-6-15-5-2-3-7-19(15)22/h8-11,13-15,19H,2-7,12H2,1H3. The van der Waals surface area contributed by atoms with E-state index < -0.39 is 9.84 Å². The minimum Gasteiger partial charge on any atom is -0.335 e. The van der Waals surface area contributed by atoms with Gasteiger partial charge in [0.05, 0.1) is 10.5 Å². The second-order valence-electron chi connectivity index (χ2n) is 7.75. The van der Waals surface area contributed by atoms with Crippen molar-refractivity contribution in [2.24, 2.45) is 5.92 Å². The normalized spacial score (nSPS) is 23.1. The Balaban J connectivity index is 1.54. The minimum atomic E-state index is -3.19. The summed E-state index contributed by atoms with van der Waals surface area (Å²) in [6, 6.07) is 9.25. The van der Waals surface area contributed by atoms with Crippen LogP contribution in [0.25, 0.3) is 10.4 Å². The van der Waals surface area contributed by atoms with E-state index in [0.717, 1.165) is 35.4 Å². The largest absolute Gasteiger partial charge is 0.335 e. The zero-order valence-electron chi connectivity index (χ0n) is 15.6. The van der Waals surface area contributed by atoms with Crippen molar-refractivity contribution in [3.8, 4) is 10.4 Å². The highest BCUT2D eigenvalue weighted by molar-refractivity contribution is 7.90. The fourth-order valence-electron chi connectivity index (χ4n) is 4.51. The van der Waals surface area contributed by atoms with Crippen molar-refractivity contribution < 1.29 is 13.2 Å². The number of sulfone groups is 1. The molecule has 144 valence electrons. The Morgan fingerprint density at radius 1 is 1.07 bits per heavy atom. The van der Waals surface area contributed by atoms with Gasteiger partial charge in [0.1, 0.15) is 0 Å². The van der Waals surface area contributed by atoms with Gasteiger partial charge in [-0.25, -0.2) is 8.42 Å². The second-order valence-corrected chi connectivity index (χ2v) is 10.7. The maximum atomic E-state index is 13.1. The van der Waals surface area contributed by atoms with Crippen LogP contribution in [-0.2, 0) is 9.84 Å². The molecule has 0 radical (unpaired) electrons. The number of benzene rings is 1. The molecular weight excluding hydrogens is 378 g/mol. The Bertz CT molecular complexity index is 929. The van der Waals surface area contributed by atoms with Gasteiger partial charge >= 0.3 is 0 Å². The van der Waals surface area contributed by atoms with Gasteiger partial charge in [-0.2, -0.15) is 0 Å². The summed E-state index contributed by atoms with van der Waals surface area (Å²) >= 11 is 1.54. The molecule has 2 unspecified atom stereocenters. The number of carbonyl (C=O) groups is 1. The van der Waals surface area contributed by atoms with Crippen LogP contribution in [0.3, 0.4) is 0 Å². The number of likely N-dealkylation sites (tertiary alicyclic amines) is 1. The van der Waals surface area contributed by atoms with E-state index >= 15 is 0 Å². The minimum absolute atomic E-state index is 0.154. The quantitative estimate of drug-likeness (QED) is 0.752. The fraction of sp³-hybridized carbons (Fsp3) is 0.476. The van der Waals surface area contributed by atoms with Gasteiger partial charge in [-0.3, -0.25) is 4.79 Å². The topological polar surface area (TPSA) is 54.5 Å².